The van der Waals surface area contributed by atoms with Gasteiger partial charge in [-0.3, -0.25) is 14.8 Å². The molecule has 8 heteroatoms. The second kappa shape index (κ2) is 8.99. The molecular formula is C23H26N6O2. The number of nitrogen functional groups attached to an aromatic ring is 1. The van der Waals surface area contributed by atoms with E-state index in [4.69, 9.17) is 10.2 Å². The molecule has 1 saturated heterocycles. The summed E-state index contributed by atoms with van der Waals surface area (Å²) < 4.78 is 5.51. The summed E-state index contributed by atoms with van der Waals surface area (Å²) >= 11 is 0. The molecule has 2 aromatic heterocycles. The van der Waals surface area contributed by atoms with Gasteiger partial charge in [-0.1, -0.05) is 0 Å². The number of nitrogens with two attached hydrogens (primary N) is 1. The lowest BCUT2D eigenvalue weighted by molar-refractivity contribution is 0.102. The number of nitrogens with one attached hydrogen (secondary N) is 1. The Morgan fingerprint density at radius 2 is 2.06 bits per heavy atom. The molecule has 1 amide bonds. The molecule has 31 heavy (non-hydrogen) atoms. The van der Waals surface area contributed by atoms with Gasteiger partial charge in [0.25, 0.3) is 5.91 Å². The van der Waals surface area contributed by atoms with Crippen molar-refractivity contribution in [2.75, 3.05) is 36.1 Å². The third kappa shape index (κ3) is 4.58. The number of benzene rings is 1. The molecule has 0 unspecified atom stereocenters. The molecule has 1 aromatic carbocycles. The first-order valence-corrected chi connectivity index (χ1v) is 10.4. The number of aromatic nitrogens is 2. The topological polar surface area (TPSA) is 110 Å². The number of piperidine rings is 1. The molecule has 4 rings (SSSR count). The molecule has 0 atom stereocenters. The molecule has 0 bridgehead atoms. The number of hydrogen-bond donors (Lipinski definition) is 2. The van der Waals surface area contributed by atoms with Crippen LogP contribution in [-0.2, 0) is 0 Å². The zero-order chi connectivity index (χ0) is 21.8. The number of pyridine rings is 1. The predicted molar refractivity (Wildman–Crippen MR) is 123 cm³/mol. The van der Waals surface area contributed by atoms with Gasteiger partial charge >= 0.3 is 0 Å². The predicted octanol–water partition coefficient (Wildman–Crippen LogP) is 3.92. The van der Waals surface area contributed by atoms with E-state index in [1.54, 1.807) is 19.5 Å². The first-order chi connectivity index (χ1) is 15.0. The van der Waals surface area contributed by atoms with Gasteiger partial charge in [0.1, 0.15) is 6.26 Å². The number of amides is 1. The van der Waals surface area contributed by atoms with Crippen molar-refractivity contribution in [3.05, 3.63) is 53.7 Å². The van der Waals surface area contributed by atoms with Crippen LogP contribution in [0.15, 0.2) is 46.1 Å². The van der Waals surface area contributed by atoms with Crippen molar-refractivity contribution in [3.8, 4) is 11.5 Å². The van der Waals surface area contributed by atoms with Gasteiger partial charge in [-0.2, -0.15) is 0 Å². The van der Waals surface area contributed by atoms with Crippen LogP contribution in [0.1, 0.15) is 41.0 Å². The number of hydrogen-bond acceptors (Lipinski definition) is 7. The van der Waals surface area contributed by atoms with E-state index in [1.807, 2.05) is 31.2 Å². The van der Waals surface area contributed by atoms with Crippen LogP contribution in [0.4, 0.5) is 17.1 Å². The van der Waals surface area contributed by atoms with Gasteiger partial charge in [0.15, 0.2) is 5.69 Å². The average molecular weight is 419 g/mol. The Kier molecular flexibility index (Phi) is 5.97. The van der Waals surface area contributed by atoms with E-state index >= 15 is 0 Å². The van der Waals surface area contributed by atoms with Crippen LogP contribution in [0.3, 0.4) is 0 Å². The molecule has 1 fully saturated rings. The molecular weight excluding hydrogens is 392 g/mol. The third-order valence-electron chi connectivity index (χ3n) is 5.31. The summed E-state index contributed by atoms with van der Waals surface area (Å²) in [6.07, 6.45) is 8.16. The maximum atomic E-state index is 13.0. The lowest BCUT2D eigenvalue weighted by atomic mass is 10.1. The van der Waals surface area contributed by atoms with Gasteiger partial charge in [-0.15, -0.1) is 0 Å². The minimum absolute atomic E-state index is 0.197. The normalized spacial score (nSPS) is 14.2. The molecule has 0 saturated carbocycles. The fourth-order valence-electron chi connectivity index (χ4n) is 3.66. The Balaban J connectivity index is 1.62. The first-order valence-electron chi connectivity index (χ1n) is 10.4. The van der Waals surface area contributed by atoms with E-state index in [1.165, 1.54) is 12.7 Å². The number of anilines is 3. The van der Waals surface area contributed by atoms with Crippen molar-refractivity contribution >= 4 is 29.2 Å². The number of carbonyl (C=O) groups excluding carboxylic acids is 1. The summed E-state index contributed by atoms with van der Waals surface area (Å²) in [5, 5.41) is 2.99. The fourth-order valence-corrected chi connectivity index (χ4v) is 3.66. The zero-order valence-corrected chi connectivity index (χ0v) is 17.8. The standard InChI is InChI=1S/C23H26N6O2/c1-15-6-7-16(13-26-15)23-28-20(14-31-23)22(30)27-19-10-17(12-25-2)18(24)11-21(19)29-8-4-3-5-9-29/h6-7,10-14H,3-5,8-9,24H2,1-2H3,(H,27,30). The van der Waals surface area contributed by atoms with Crippen molar-refractivity contribution in [1.29, 1.82) is 0 Å². The van der Waals surface area contributed by atoms with Gasteiger partial charge in [0.05, 0.1) is 16.9 Å². The Bertz CT molecular complexity index is 1100. The third-order valence-corrected chi connectivity index (χ3v) is 5.31. The highest BCUT2D eigenvalue weighted by Gasteiger charge is 2.20. The van der Waals surface area contributed by atoms with Gasteiger partial charge < -0.3 is 20.4 Å². The molecule has 3 N–H and O–H groups in total. The molecule has 1 aliphatic heterocycles. The van der Waals surface area contributed by atoms with Crippen molar-refractivity contribution in [2.45, 2.75) is 26.2 Å². The maximum Gasteiger partial charge on any atom is 0.277 e. The second-order valence-electron chi connectivity index (χ2n) is 7.61. The van der Waals surface area contributed by atoms with Gasteiger partial charge in [0.2, 0.25) is 5.89 Å². The molecule has 0 aliphatic carbocycles. The Labute approximate surface area is 181 Å². The number of carbonyl (C=O) groups is 1. The molecule has 1 aliphatic rings. The van der Waals surface area contributed by atoms with Crippen LogP contribution < -0.4 is 16.0 Å². The first kappa shape index (κ1) is 20.6. The van der Waals surface area contributed by atoms with Crippen molar-refractivity contribution in [3.63, 3.8) is 0 Å². The molecule has 0 spiro atoms. The maximum absolute atomic E-state index is 13.0. The zero-order valence-electron chi connectivity index (χ0n) is 17.8. The smallest absolute Gasteiger partial charge is 0.277 e. The van der Waals surface area contributed by atoms with Crippen LogP contribution in [0.25, 0.3) is 11.5 Å². The van der Waals surface area contributed by atoms with Gasteiger partial charge in [-0.05, 0) is 50.5 Å². The van der Waals surface area contributed by atoms with Crippen molar-refractivity contribution in [2.24, 2.45) is 4.99 Å². The van der Waals surface area contributed by atoms with Gasteiger partial charge in [-0.25, -0.2) is 4.98 Å². The number of aliphatic imine (C=N–C) groups is 1. The molecule has 3 heterocycles. The van der Waals surface area contributed by atoms with Crippen molar-refractivity contribution in [1.82, 2.24) is 9.97 Å². The number of nitrogens with zero attached hydrogens (tertiary/aromatic N) is 4. The lowest BCUT2D eigenvalue weighted by Gasteiger charge is -2.31. The number of oxazole rings is 1. The van der Waals surface area contributed by atoms with E-state index in [9.17, 15) is 4.79 Å². The Morgan fingerprint density at radius 1 is 1.26 bits per heavy atom. The lowest BCUT2D eigenvalue weighted by Crippen LogP contribution is -2.30. The van der Waals surface area contributed by atoms with Crippen LogP contribution in [-0.4, -0.2) is 42.2 Å². The van der Waals surface area contributed by atoms with Crippen LogP contribution >= 0.6 is 0 Å². The van der Waals surface area contributed by atoms with Crippen LogP contribution in [0.2, 0.25) is 0 Å². The summed E-state index contributed by atoms with van der Waals surface area (Å²) in [4.78, 5) is 27.9. The minimum atomic E-state index is -0.350. The van der Waals surface area contributed by atoms with E-state index in [0.717, 1.165) is 42.9 Å². The quantitative estimate of drug-likeness (QED) is 0.480. The van der Waals surface area contributed by atoms with Crippen molar-refractivity contribution < 1.29 is 9.21 Å². The molecule has 8 nitrogen and oxygen atoms in total. The fraction of sp³-hybridized carbons (Fsp3) is 0.304. The number of aryl methyl sites for hydroxylation is 1. The van der Waals surface area contributed by atoms with E-state index in [2.05, 4.69) is 25.2 Å². The average Bonchev–Trinajstić information content (AvgIpc) is 3.27. The largest absolute Gasteiger partial charge is 0.444 e. The Morgan fingerprint density at radius 3 is 2.77 bits per heavy atom. The van der Waals surface area contributed by atoms with E-state index < -0.39 is 0 Å². The monoisotopic (exact) mass is 418 g/mol. The molecule has 160 valence electrons. The summed E-state index contributed by atoms with van der Waals surface area (Å²) in [5.74, 6) is 0.00232. The molecule has 3 aromatic rings. The van der Waals surface area contributed by atoms with Gasteiger partial charge in [0, 0.05) is 49.5 Å². The highest BCUT2D eigenvalue weighted by atomic mass is 16.3. The highest BCUT2D eigenvalue weighted by molar-refractivity contribution is 6.06. The number of rotatable bonds is 5. The van der Waals surface area contributed by atoms with Crippen LogP contribution in [0, 0.1) is 6.92 Å². The summed E-state index contributed by atoms with van der Waals surface area (Å²) in [7, 11) is 1.69. The Hall–Kier alpha value is -3.68. The van der Waals surface area contributed by atoms with E-state index in [0.29, 0.717) is 22.8 Å². The second-order valence-corrected chi connectivity index (χ2v) is 7.61. The highest BCUT2D eigenvalue weighted by Crippen LogP contribution is 2.33. The summed E-state index contributed by atoms with van der Waals surface area (Å²) in [6, 6.07) is 7.50. The summed E-state index contributed by atoms with van der Waals surface area (Å²) in [5.41, 5.74) is 11.0. The SMILES string of the molecule is CN=Cc1cc(NC(=O)c2coc(-c3ccc(C)nc3)n2)c(N2CCCCC2)cc1N. The van der Waals surface area contributed by atoms with Crippen LogP contribution in [0.5, 0.6) is 0 Å². The minimum Gasteiger partial charge on any atom is -0.444 e. The molecule has 0 radical (unpaired) electrons. The summed E-state index contributed by atoms with van der Waals surface area (Å²) in [6.45, 7) is 3.76. The van der Waals surface area contributed by atoms with E-state index in [-0.39, 0.29) is 11.6 Å².